The van der Waals surface area contributed by atoms with Crippen molar-refractivity contribution < 1.29 is 19.1 Å². The standard InChI is InChI=1S/C27H28ClN3O4/c1-17-15-23(18(2)30(17)14-13-19-5-11-22(35-4)12-6-19)24(32)16-31-25(33)27(3,29-26(31)34)20-7-9-21(28)10-8-20/h5-12,15H,13-14,16H2,1-4H3,(H,29,34). The third-order valence-corrected chi connectivity index (χ3v) is 6.91. The lowest BCUT2D eigenvalue weighted by atomic mass is 9.92. The Morgan fingerprint density at radius 3 is 2.34 bits per heavy atom. The fourth-order valence-corrected chi connectivity index (χ4v) is 4.63. The average molecular weight is 494 g/mol. The number of hydrogen-bond donors (Lipinski definition) is 1. The van der Waals surface area contributed by atoms with Crippen LogP contribution in [0.2, 0.25) is 5.02 Å². The van der Waals surface area contributed by atoms with Crippen molar-refractivity contribution in [2.24, 2.45) is 0 Å². The Kier molecular flexibility index (Phi) is 6.72. The van der Waals surface area contributed by atoms with Crippen molar-refractivity contribution >= 4 is 29.3 Å². The van der Waals surface area contributed by atoms with Crippen molar-refractivity contribution in [3.05, 3.63) is 87.7 Å². The largest absolute Gasteiger partial charge is 0.497 e. The number of carbonyl (C=O) groups is 3. The quantitative estimate of drug-likeness (QED) is 0.365. The van der Waals surface area contributed by atoms with E-state index in [2.05, 4.69) is 9.88 Å². The molecule has 8 heteroatoms. The second kappa shape index (κ2) is 9.58. The van der Waals surface area contributed by atoms with Gasteiger partial charge in [-0.2, -0.15) is 0 Å². The van der Waals surface area contributed by atoms with E-state index >= 15 is 0 Å². The molecule has 7 nitrogen and oxygen atoms in total. The van der Waals surface area contributed by atoms with E-state index in [1.807, 2.05) is 44.2 Å². The van der Waals surface area contributed by atoms with Crippen molar-refractivity contribution in [1.82, 2.24) is 14.8 Å². The number of aryl methyl sites for hydroxylation is 2. The van der Waals surface area contributed by atoms with Crippen LogP contribution in [0, 0.1) is 13.8 Å². The van der Waals surface area contributed by atoms with E-state index in [1.165, 1.54) is 0 Å². The number of ether oxygens (including phenoxy) is 1. The van der Waals surface area contributed by atoms with Gasteiger partial charge in [-0.1, -0.05) is 35.9 Å². The minimum Gasteiger partial charge on any atom is -0.497 e. The number of rotatable bonds is 8. The molecule has 2 aromatic carbocycles. The van der Waals surface area contributed by atoms with Crippen molar-refractivity contribution in [3.63, 3.8) is 0 Å². The Morgan fingerprint density at radius 2 is 1.71 bits per heavy atom. The SMILES string of the molecule is COc1ccc(CCn2c(C)cc(C(=O)CN3C(=O)NC(C)(c4ccc(Cl)cc4)C3=O)c2C)cc1. The number of methoxy groups -OCH3 is 1. The summed E-state index contributed by atoms with van der Waals surface area (Å²) in [5.74, 6) is 0.0618. The molecule has 1 unspecified atom stereocenters. The number of carbonyl (C=O) groups excluding carboxylic acids is 3. The zero-order valence-corrected chi connectivity index (χ0v) is 21.0. The summed E-state index contributed by atoms with van der Waals surface area (Å²) in [6, 6.07) is 15.8. The molecular formula is C27H28ClN3O4. The van der Waals surface area contributed by atoms with Crippen LogP contribution >= 0.6 is 11.6 Å². The highest BCUT2D eigenvalue weighted by Gasteiger charge is 2.49. The van der Waals surface area contributed by atoms with E-state index in [0.717, 1.165) is 34.0 Å². The summed E-state index contributed by atoms with van der Waals surface area (Å²) in [5.41, 5.74) is 2.78. The van der Waals surface area contributed by atoms with Crippen LogP contribution in [-0.4, -0.2) is 40.8 Å². The minimum absolute atomic E-state index is 0.280. The molecule has 0 saturated carbocycles. The maximum atomic E-state index is 13.2. The molecule has 0 radical (unpaired) electrons. The lowest BCUT2D eigenvalue weighted by Gasteiger charge is -2.22. The van der Waals surface area contributed by atoms with Crippen LogP contribution in [0.5, 0.6) is 5.75 Å². The third kappa shape index (κ3) is 4.68. The van der Waals surface area contributed by atoms with Gasteiger partial charge in [0.15, 0.2) is 5.78 Å². The number of amides is 3. The second-order valence-electron chi connectivity index (χ2n) is 8.91. The van der Waals surface area contributed by atoms with Gasteiger partial charge in [-0.15, -0.1) is 0 Å². The minimum atomic E-state index is -1.25. The molecule has 1 saturated heterocycles. The van der Waals surface area contributed by atoms with E-state index in [1.54, 1.807) is 38.3 Å². The number of Topliss-reactive ketones (excluding diaryl/α,β-unsaturated/α-hetero) is 1. The van der Waals surface area contributed by atoms with E-state index in [-0.39, 0.29) is 12.3 Å². The molecule has 0 bridgehead atoms. The van der Waals surface area contributed by atoms with Crippen LogP contribution in [0.25, 0.3) is 0 Å². The van der Waals surface area contributed by atoms with Gasteiger partial charge in [0.05, 0.1) is 13.7 Å². The molecule has 0 spiro atoms. The lowest BCUT2D eigenvalue weighted by Crippen LogP contribution is -2.41. The fraction of sp³-hybridized carbons (Fsp3) is 0.296. The van der Waals surface area contributed by atoms with Crippen LogP contribution in [0.15, 0.2) is 54.6 Å². The molecule has 1 fully saturated rings. The van der Waals surface area contributed by atoms with Crippen LogP contribution in [0.1, 0.15) is 39.8 Å². The molecule has 0 aliphatic carbocycles. The van der Waals surface area contributed by atoms with Gasteiger partial charge in [0.2, 0.25) is 0 Å². The van der Waals surface area contributed by atoms with Gasteiger partial charge in [0, 0.05) is 28.5 Å². The predicted molar refractivity (Wildman–Crippen MR) is 134 cm³/mol. The van der Waals surface area contributed by atoms with Crippen molar-refractivity contribution in [1.29, 1.82) is 0 Å². The fourth-order valence-electron chi connectivity index (χ4n) is 4.51. The monoisotopic (exact) mass is 493 g/mol. The van der Waals surface area contributed by atoms with E-state index in [0.29, 0.717) is 22.7 Å². The topological polar surface area (TPSA) is 80.6 Å². The average Bonchev–Trinajstić information content (AvgIpc) is 3.25. The molecule has 2 heterocycles. The normalized spacial score (nSPS) is 17.6. The van der Waals surface area contributed by atoms with Gasteiger partial charge in [0.25, 0.3) is 5.91 Å². The van der Waals surface area contributed by atoms with E-state index < -0.39 is 17.5 Å². The third-order valence-electron chi connectivity index (χ3n) is 6.66. The Hall–Kier alpha value is -3.58. The van der Waals surface area contributed by atoms with Crippen LogP contribution in [-0.2, 0) is 23.3 Å². The van der Waals surface area contributed by atoms with Gasteiger partial charge in [-0.25, -0.2) is 4.79 Å². The van der Waals surface area contributed by atoms with Crippen LogP contribution in [0.4, 0.5) is 4.79 Å². The van der Waals surface area contributed by atoms with Gasteiger partial charge in [-0.05, 0) is 68.7 Å². The van der Waals surface area contributed by atoms with Crippen molar-refractivity contribution in [3.8, 4) is 5.75 Å². The first-order valence-electron chi connectivity index (χ1n) is 11.4. The summed E-state index contributed by atoms with van der Waals surface area (Å²) in [4.78, 5) is 40.0. The summed E-state index contributed by atoms with van der Waals surface area (Å²) in [6.45, 7) is 5.85. The number of aromatic nitrogens is 1. The number of hydrogen-bond acceptors (Lipinski definition) is 4. The summed E-state index contributed by atoms with van der Waals surface area (Å²) in [5, 5.41) is 3.26. The second-order valence-corrected chi connectivity index (χ2v) is 9.35. The maximum absolute atomic E-state index is 13.2. The van der Waals surface area contributed by atoms with Crippen molar-refractivity contribution in [2.45, 2.75) is 39.3 Å². The number of nitrogens with one attached hydrogen (secondary N) is 1. The first-order chi connectivity index (χ1) is 16.6. The molecule has 1 N–H and O–H groups in total. The number of nitrogens with zero attached hydrogens (tertiary/aromatic N) is 2. The highest BCUT2D eigenvalue weighted by molar-refractivity contribution is 6.30. The Labute approximate surface area is 209 Å². The van der Waals surface area contributed by atoms with Gasteiger partial charge >= 0.3 is 6.03 Å². The Balaban J connectivity index is 1.48. The number of halogens is 1. The highest BCUT2D eigenvalue weighted by Crippen LogP contribution is 2.30. The molecule has 1 aromatic heterocycles. The molecular weight excluding hydrogens is 466 g/mol. The summed E-state index contributed by atoms with van der Waals surface area (Å²) in [7, 11) is 1.64. The van der Waals surface area contributed by atoms with Gasteiger partial charge < -0.3 is 14.6 Å². The number of benzene rings is 2. The summed E-state index contributed by atoms with van der Waals surface area (Å²) in [6.07, 6.45) is 0.792. The first-order valence-corrected chi connectivity index (χ1v) is 11.7. The highest BCUT2D eigenvalue weighted by atomic mass is 35.5. The Morgan fingerprint density at radius 1 is 1.06 bits per heavy atom. The van der Waals surface area contributed by atoms with Crippen molar-refractivity contribution in [2.75, 3.05) is 13.7 Å². The lowest BCUT2D eigenvalue weighted by molar-refractivity contribution is -0.130. The molecule has 35 heavy (non-hydrogen) atoms. The summed E-state index contributed by atoms with van der Waals surface area (Å²) < 4.78 is 7.29. The van der Waals surface area contributed by atoms with E-state index in [9.17, 15) is 14.4 Å². The smallest absolute Gasteiger partial charge is 0.325 e. The number of urea groups is 1. The summed E-state index contributed by atoms with van der Waals surface area (Å²) >= 11 is 5.96. The van der Waals surface area contributed by atoms with Gasteiger partial charge in [0.1, 0.15) is 11.3 Å². The molecule has 4 rings (SSSR count). The number of ketones is 1. The number of imide groups is 1. The Bertz CT molecular complexity index is 1280. The molecule has 1 aliphatic rings. The molecule has 3 amide bonds. The molecule has 1 aliphatic heterocycles. The van der Waals surface area contributed by atoms with E-state index in [4.69, 9.17) is 16.3 Å². The molecule has 3 aromatic rings. The molecule has 1 atom stereocenters. The van der Waals surface area contributed by atoms with Crippen LogP contribution in [0.3, 0.4) is 0 Å². The molecule has 182 valence electrons. The predicted octanol–water partition coefficient (Wildman–Crippen LogP) is 4.66. The first kappa shape index (κ1) is 24.5. The zero-order valence-electron chi connectivity index (χ0n) is 20.2. The van der Waals surface area contributed by atoms with Gasteiger partial charge in [-0.3, -0.25) is 14.5 Å². The maximum Gasteiger partial charge on any atom is 0.325 e. The van der Waals surface area contributed by atoms with Crippen LogP contribution < -0.4 is 10.1 Å². The zero-order chi connectivity index (χ0) is 25.3.